The molecule has 2 N–H and O–H groups in total. The van der Waals surface area contributed by atoms with E-state index < -0.39 is 0 Å². The Bertz CT molecular complexity index is 300. The summed E-state index contributed by atoms with van der Waals surface area (Å²) in [5, 5.41) is 0. The number of methoxy groups -OCH3 is 1. The number of rotatable bonds is 5. The third-order valence-electron chi connectivity index (χ3n) is 4.57. The van der Waals surface area contributed by atoms with Crippen molar-refractivity contribution >= 4 is 30.7 Å². The Morgan fingerprint density at radius 2 is 1.86 bits per heavy atom. The molecule has 1 saturated carbocycles. The number of hydrogen-bond donors (Lipinski definition) is 1. The number of carbonyl (C=O) groups is 1. The average Bonchev–Trinajstić information content (AvgIpc) is 2.93. The van der Waals surface area contributed by atoms with Crippen molar-refractivity contribution in [3.8, 4) is 0 Å². The van der Waals surface area contributed by atoms with Crippen LogP contribution < -0.4 is 5.73 Å². The minimum atomic E-state index is 0. The summed E-state index contributed by atoms with van der Waals surface area (Å²) in [5.74, 6) is 0.953. The van der Waals surface area contributed by atoms with Crippen molar-refractivity contribution in [2.75, 3.05) is 53.0 Å². The zero-order valence-electron chi connectivity index (χ0n) is 12.8. The van der Waals surface area contributed by atoms with Crippen molar-refractivity contribution in [2.24, 2.45) is 17.6 Å². The van der Waals surface area contributed by atoms with Crippen molar-refractivity contribution < 1.29 is 9.53 Å². The van der Waals surface area contributed by atoms with Gasteiger partial charge in [-0.25, -0.2) is 0 Å². The van der Waals surface area contributed by atoms with Crippen LogP contribution >= 0.6 is 24.8 Å². The third-order valence-corrected chi connectivity index (χ3v) is 4.57. The molecule has 0 aromatic carbocycles. The highest BCUT2D eigenvalue weighted by Crippen LogP contribution is 2.32. The Morgan fingerprint density at radius 3 is 2.43 bits per heavy atom. The van der Waals surface area contributed by atoms with Crippen LogP contribution in [0, 0.1) is 11.8 Å². The van der Waals surface area contributed by atoms with E-state index >= 15 is 0 Å². The number of nitrogens with zero attached hydrogens (tertiary/aromatic N) is 2. The number of amides is 1. The van der Waals surface area contributed by atoms with Crippen LogP contribution in [-0.2, 0) is 9.53 Å². The summed E-state index contributed by atoms with van der Waals surface area (Å²) in [6.07, 6.45) is 3.32. The van der Waals surface area contributed by atoms with E-state index in [-0.39, 0.29) is 30.7 Å². The summed E-state index contributed by atoms with van der Waals surface area (Å²) in [6, 6.07) is 0. The molecular formula is C14H29Cl2N3O2. The molecule has 0 aromatic heterocycles. The molecule has 0 bridgehead atoms. The molecule has 1 aliphatic heterocycles. The third kappa shape index (κ3) is 5.57. The molecule has 7 heteroatoms. The van der Waals surface area contributed by atoms with Crippen molar-refractivity contribution in [1.29, 1.82) is 0 Å². The Labute approximate surface area is 140 Å². The zero-order valence-corrected chi connectivity index (χ0v) is 14.5. The van der Waals surface area contributed by atoms with Crippen molar-refractivity contribution in [3.05, 3.63) is 0 Å². The molecule has 21 heavy (non-hydrogen) atoms. The predicted octanol–water partition coefficient (Wildman–Crippen LogP) is 0.996. The molecule has 2 atom stereocenters. The largest absolute Gasteiger partial charge is 0.383 e. The van der Waals surface area contributed by atoms with Crippen molar-refractivity contribution in [3.63, 3.8) is 0 Å². The number of halogens is 2. The van der Waals surface area contributed by atoms with E-state index in [1.807, 2.05) is 4.90 Å². The lowest BCUT2D eigenvalue weighted by Gasteiger charge is -2.36. The molecule has 0 spiro atoms. The first-order valence-electron chi connectivity index (χ1n) is 7.46. The fourth-order valence-electron chi connectivity index (χ4n) is 3.29. The molecule has 0 unspecified atom stereocenters. The second-order valence-corrected chi connectivity index (χ2v) is 5.69. The van der Waals surface area contributed by atoms with Gasteiger partial charge in [-0.1, -0.05) is 6.42 Å². The Kier molecular flexibility index (Phi) is 10.6. The maximum atomic E-state index is 12.5. The molecule has 5 nitrogen and oxygen atoms in total. The molecular weight excluding hydrogens is 313 g/mol. The highest BCUT2D eigenvalue weighted by atomic mass is 35.5. The molecule has 2 rings (SSSR count). The van der Waals surface area contributed by atoms with Gasteiger partial charge in [-0.15, -0.1) is 24.8 Å². The van der Waals surface area contributed by atoms with Crippen LogP contribution in [0.2, 0.25) is 0 Å². The van der Waals surface area contributed by atoms with Gasteiger partial charge in [0.15, 0.2) is 0 Å². The first kappa shape index (κ1) is 20.9. The van der Waals surface area contributed by atoms with E-state index in [4.69, 9.17) is 10.5 Å². The maximum absolute atomic E-state index is 12.5. The van der Waals surface area contributed by atoms with Gasteiger partial charge in [-0.05, 0) is 25.3 Å². The van der Waals surface area contributed by atoms with E-state index in [1.165, 1.54) is 0 Å². The molecule has 2 fully saturated rings. The smallest absolute Gasteiger partial charge is 0.226 e. The van der Waals surface area contributed by atoms with E-state index in [0.717, 1.165) is 58.6 Å². The van der Waals surface area contributed by atoms with Crippen LogP contribution in [0.4, 0.5) is 0 Å². The van der Waals surface area contributed by atoms with Crippen LogP contribution in [0.15, 0.2) is 0 Å². The van der Waals surface area contributed by atoms with Gasteiger partial charge >= 0.3 is 0 Å². The lowest BCUT2D eigenvalue weighted by molar-refractivity contribution is -0.138. The Morgan fingerprint density at radius 1 is 1.19 bits per heavy atom. The van der Waals surface area contributed by atoms with Crippen molar-refractivity contribution in [2.45, 2.75) is 19.3 Å². The zero-order chi connectivity index (χ0) is 13.7. The van der Waals surface area contributed by atoms with Gasteiger partial charge in [0.25, 0.3) is 0 Å². The normalized spacial score (nSPS) is 26.1. The van der Waals surface area contributed by atoms with Crippen LogP contribution in [0.5, 0.6) is 0 Å². The van der Waals surface area contributed by atoms with Gasteiger partial charge in [-0.2, -0.15) is 0 Å². The lowest BCUT2D eigenvalue weighted by atomic mass is 9.94. The summed E-state index contributed by atoms with van der Waals surface area (Å²) < 4.78 is 5.09. The van der Waals surface area contributed by atoms with E-state index in [9.17, 15) is 4.79 Å². The Hall–Kier alpha value is -0.0700. The molecule has 1 heterocycles. The topological polar surface area (TPSA) is 58.8 Å². The highest BCUT2D eigenvalue weighted by molar-refractivity contribution is 5.85. The van der Waals surface area contributed by atoms with E-state index in [1.54, 1.807) is 7.11 Å². The molecule has 2 aliphatic rings. The second-order valence-electron chi connectivity index (χ2n) is 5.69. The molecule has 126 valence electrons. The van der Waals surface area contributed by atoms with E-state index in [0.29, 0.717) is 18.4 Å². The van der Waals surface area contributed by atoms with Gasteiger partial charge < -0.3 is 15.4 Å². The van der Waals surface area contributed by atoms with Gasteiger partial charge in [0.2, 0.25) is 5.91 Å². The van der Waals surface area contributed by atoms with Gasteiger partial charge in [0.1, 0.15) is 0 Å². The molecule has 1 saturated heterocycles. The minimum absolute atomic E-state index is 0. The monoisotopic (exact) mass is 341 g/mol. The molecule has 1 aliphatic carbocycles. The van der Waals surface area contributed by atoms with Crippen LogP contribution in [0.3, 0.4) is 0 Å². The maximum Gasteiger partial charge on any atom is 0.226 e. The van der Waals surface area contributed by atoms with Gasteiger partial charge in [0.05, 0.1) is 6.61 Å². The highest BCUT2D eigenvalue weighted by Gasteiger charge is 2.35. The fraction of sp³-hybridized carbons (Fsp3) is 0.929. The summed E-state index contributed by atoms with van der Waals surface area (Å²) in [5.41, 5.74) is 5.78. The average molecular weight is 342 g/mol. The number of ether oxygens (including phenoxy) is 1. The Balaban J connectivity index is 0.00000200. The standard InChI is InChI=1S/C14H27N3O2.2ClH/c1-19-10-9-16-5-7-17(8-6-16)14(18)13-4-2-3-12(13)11-15;;/h12-13H,2-11,15H2,1H3;2*1H/t12-,13-;;/m1../s1. The summed E-state index contributed by atoms with van der Waals surface area (Å²) in [6.45, 7) is 6.04. The number of hydrogen-bond acceptors (Lipinski definition) is 4. The predicted molar refractivity (Wildman–Crippen MR) is 89.3 cm³/mol. The summed E-state index contributed by atoms with van der Waals surface area (Å²) >= 11 is 0. The molecule has 0 radical (unpaired) electrons. The number of piperazine rings is 1. The fourth-order valence-corrected chi connectivity index (χ4v) is 3.29. The number of nitrogens with two attached hydrogens (primary N) is 1. The first-order chi connectivity index (χ1) is 9.26. The van der Waals surface area contributed by atoms with Gasteiger partial charge in [0, 0.05) is 45.8 Å². The van der Waals surface area contributed by atoms with Gasteiger partial charge in [-0.3, -0.25) is 9.69 Å². The first-order valence-corrected chi connectivity index (χ1v) is 7.46. The second kappa shape index (κ2) is 10.6. The lowest BCUT2D eigenvalue weighted by Crippen LogP contribution is -2.51. The summed E-state index contributed by atoms with van der Waals surface area (Å²) in [7, 11) is 1.73. The minimum Gasteiger partial charge on any atom is -0.383 e. The van der Waals surface area contributed by atoms with Crippen LogP contribution in [-0.4, -0.2) is 68.7 Å². The molecule has 0 aromatic rings. The van der Waals surface area contributed by atoms with Crippen LogP contribution in [0.25, 0.3) is 0 Å². The molecule has 1 amide bonds. The van der Waals surface area contributed by atoms with Crippen molar-refractivity contribution in [1.82, 2.24) is 9.80 Å². The SMILES string of the molecule is COCCN1CCN(C(=O)[C@@H]2CCC[C@@H]2CN)CC1.Cl.Cl. The van der Waals surface area contributed by atoms with E-state index in [2.05, 4.69) is 4.90 Å². The van der Waals surface area contributed by atoms with Crippen LogP contribution in [0.1, 0.15) is 19.3 Å². The quantitative estimate of drug-likeness (QED) is 0.810. The number of carbonyl (C=O) groups excluding carboxylic acids is 1. The summed E-state index contributed by atoms with van der Waals surface area (Å²) in [4.78, 5) is 16.9.